The zero-order valence-corrected chi connectivity index (χ0v) is 36.5. The number of amides is 5. The molecule has 6 rings (SSSR count). The fraction of sp³-hybridized carbons (Fsp3) is 0.375. The van der Waals surface area contributed by atoms with Gasteiger partial charge in [-0.3, -0.25) is 24.0 Å². The van der Waals surface area contributed by atoms with E-state index in [1.54, 1.807) is 29.5 Å². The molecule has 5 aromatic rings. The Labute approximate surface area is 361 Å². The van der Waals surface area contributed by atoms with Gasteiger partial charge in [-0.25, -0.2) is 4.98 Å². The molecule has 0 spiro atoms. The SMILES string of the molecule is Cc1ccc(NC(=O)CCCCC(=O)N[C@H](C(=O)N2C[C@H](O)C[C@H]2C(=O)NCc2ccc(-c3scnc3C)cc2)C(C)(C)C)cc1C(=O)N[C@H](C)c1cccc2ccccc12. The number of benzene rings is 4. The van der Waals surface area contributed by atoms with Crippen LogP contribution in [0, 0.1) is 19.3 Å². The average Bonchev–Trinajstić information content (AvgIpc) is 3.85. The maximum atomic E-state index is 14.0. The van der Waals surface area contributed by atoms with Gasteiger partial charge >= 0.3 is 0 Å². The standard InChI is InChI=1S/C48H56N6O6S/c1-29-18-23-35(24-39(29)45(58)51-30(2)37-15-11-13-33-12-7-8-14-38(33)37)52-41(56)16-9-10-17-42(57)53-44(48(4,5)6)47(60)54-27-36(55)25-40(54)46(59)49-26-32-19-21-34(22-20-32)43-31(3)50-28-61-43/h7-8,11-15,18-24,28,30,36,40,44,55H,9-10,16-17,25-27H2,1-6H3,(H,49,59)(H,51,58)(H,52,56)(H,53,57)/t30-,36-,40+,44-/m1/s1. The van der Waals surface area contributed by atoms with Crippen LogP contribution in [0.2, 0.25) is 0 Å². The summed E-state index contributed by atoms with van der Waals surface area (Å²) in [6.45, 7) is 11.5. The lowest BCUT2D eigenvalue weighted by Gasteiger charge is -2.35. The molecule has 2 heterocycles. The van der Waals surface area contributed by atoms with Gasteiger partial charge in [-0.15, -0.1) is 11.3 Å². The number of carbonyl (C=O) groups excluding carboxylic acids is 5. The Kier molecular flexibility index (Phi) is 14.4. The Bertz CT molecular complexity index is 2380. The van der Waals surface area contributed by atoms with Crippen molar-refractivity contribution in [1.82, 2.24) is 25.8 Å². The minimum Gasteiger partial charge on any atom is -0.391 e. The monoisotopic (exact) mass is 844 g/mol. The molecule has 5 amide bonds. The Balaban J connectivity index is 0.969. The number of carbonyl (C=O) groups is 5. The van der Waals surface area contributed by atoms with Crippen LogP contribution < -0.4 is 21.3 Å². The van der Waals surface area contributed by atoms with Crippen molar-refractivity contribution in [2.45, 2.75) is 104 Å². The van der Waals surface area contributed by atoms with E-state index in [1.165, 1.54) is 4.90 Å². The number of hydrogen-bond acceptors (Lipinski definition) is 8. The van der Waals surface area contributed by atoms with E-state index in [0.29, 0.717) is 24.1 Å². The van der Waals surface area contributed by atoms with Gasteiger partial charge in [0.1, 0.15) is 12.1 Å². The summed E-state index contributed by atoms with van der Waals surface area (Å²) in [6, 6.07) is 25.1. The molecule has 0 aliphatic carbocycles. The molecule has 13 heteroatoms. The lowest BCUT2D eigenvalue weighted by molar-refractivity contribution is -0.144. The van der Waals surface area contributed by atoms with Crippen molar-refractivity contribution in [2.24, 2.45) is 5.41 Å². The van der Waals surface area contributed by atoms with Crippen LogP contribution in [0.25, 0.3) is 21.2 Å². The van der Waals surface area contributed by atoms with E-state index in [0.717, 1.165) is 43.6 Å². The third-order valence-electron chi connectivity index (χ3n) is 11.2. The normalized spacial score (nSPS) is 16.1. The number of fused-ring (bicyclic) bond motifs is 1. The summed E-state index contributed by atoms with van der Waals surface area (Å²) in [5.41, 5.74) is 6.76. The minimum atomic E-state index is -0.949. The highest BCUT2D eigenvalue weighted by Gasteiger charge is 2.44. The van der Waals surface area contributed by atoms with Gasteiger partial charge in [0.05, 0.1) is 28.2 Å². The number of rotatable bonds is 15. The number of hydrogen-bond donors (Lipinski definition) is 5. The third-order valence-corrected chi connectivity index (χ3v) is 12.2. The molecule has 1 aliphatic rings. The van der Waals surface area contributed by atoms with Gasteiger partial charge in [-0.1, -0.05) is 93.6 Å². The maximum Gasteiger partial charge on any atom is 0.252 e. The van der Waals surface area contributed by atoms with E-state index in [1.807, 2.05) is 114 Å². The van der Waals surface area contributed by atoms with Crippen LogP contribution in [0.15, 0.2) is 90.4 Å². The summed E-state index contributed by atoms with van der Waals surface area (Å²) in [4.78, 5) is 73.8. The van der Waals surface area contributed by atoms with Gasteiger partial charge in [0, 0.05) is 43.6 Å². The van der Waals surface area contributed by atoms with E-state index < -0.39 is 29.5 Å². The van der Waals surface area contributed by atoms with E-state index in [9.17, 15) is 29.1 Å². The Morgan fingerprint density at radius 1 is 0.885 bits per heavy atom. The van der Waals surface area contributed by atoms with Crippen molar-refractivity contribution < 1.29 is 29.1 Å². The number of aliphatic hydroxyl groups excluding tert-OH is 1. The second kappa shape index (κ2) is 19.6. The van der Waals surface area contributed by atoms with Crippen molar-refractivity contribution in [2.75, 3.05) is 11.9 Å². The van der Waals surface area contributed by atoms with Crippen molar-refractivity contribution in [3.05, 3.63) is 118 Å². The fourth-order valence-corrected chi connectivity index (χ4v) is 8.54. The van der Waals surface area contributed by atoms with Crippen LogP contribution in [0.4, 0.5) is 5.69 Å². The summed E-state index contributed by atoms with van der Waals surface area (Å²) in [6.07, 6.45) is 0.276. The Hall–Kier alpha value is -5.92. The number of aliphatic hydroxyl groups is 1. The van der Waals surface area contributed by atoms with Gasteiger partial charge in [-0.2, -0.15) is 0 Å². The lowest BCUT2D eigenvalue weighted by Crippen LogP contribution is -2.57. The van der Waals surface area contributed by atoms with Crippen LogP contribution in [0.3, 0.4) is 0 Å². The zero-order chi connectivity index (χ0) is 43.8. The summed E-state index contributed by atoms with van der Waals surface area (Å²) in [5.74, 6) is -1.65. The fourth-order valence-electron chi connectivity index (χ4n) is 7.73. The number of nitrogens with one attached hydrogen (secondary N) is 4. The van der Waals surface area contributed by atoms with E-state index in [4.69, 9.17) is 0 Å². The predicted molar refractivity (Wildman–Crippen MR) is 240 cm³/mol. The number of nitrogens with zero attached hydrogens (tertiary/aromatic N) is 2. The van der Waals surface area contributed by atoms with E-state index >= 15 is 0 Å². The molecule has 0 unspecified atom stereocenters. The molecule has 12 nitrogen and oxygen atoms in total. The number of aryl methyl sites for hydroxylation is 2. The van der Waals surface area contributed by atoms with Gasteiger partial charge in [-0.05, 0) is 84.2 Å². The van der Waals surface area contributed by atoms with Crippen molar-refractivity contribution in [3.63, 3.8) is 0 Å². The first kappa shape index (κ1) is 44.6. The summed E-state index contributed by atoms with van der Waals surface area (Å²) >= 11 is 1.57. The van der Waals surface area contributed by atoms with Crippen LogP contribution in [-0.4, -0.2) is 69.3 Å². The molecule has 4 atom stereocenters. The second-order valence-corrected chi connectivity index (χ2v) is 17.8. The number of likely N-dealkylation sites (tertiary alicyclic amines) is 1. The number of thiazole rings is 1. The molecule has 4 aromatic carbocycles. The first-order chi connectivity index (χ1) is 29.1. The van der Waals surface area contributed by atoms with Crippen molar-refractivity contribution in [3.8, 4) is 10.4 Å². The third kappa shape index (κ3) is 11.3. The highest BCUT2D eigenvalue weighted by molar-refractivity contribution is 7.13. The predicted octanol–water partition coefficient (Wildman–Crippen LogP) is 7.38. The highest BCUT2D eigenvalue weighted by atomic mass is 32.1. The quantitative estimate of drug-likeness (QED) is 0.0685. The van der Waals surface area contributed by atoms with Gasteiger partial charge in [0.2, 0.25) is 23.6 Å². The molecule has 61 heavy (non-hydrogen) atoms. The number of β-amino-alcohol motifs (C(OH)–C–C–N with tert-alkyl or cyclic N) is 1. The molecule has 320 valence electrons. The minimum absolute atomic E-state index is 0.0191. The molecule has 0 bridgehead atoms. The summed E-state index contributed by atoms with van der Waals surface area (Å²) in [7, 11) is 0. The topological polar surface area (TPSA) is 170 Å². The molecular weight excluding hydrogens is 789 g/mol. The van der Waals surface area contributed by atoms with Crippen LogP contribution >= 0.6 is 11.3 Å². The second-order valence-electron chi connectivity index (χ2n) is 17.0. The molecule has 1 saturated heterocycles. The first-order valence-corrected chi connectivity index (χ1v) is 21.7. The molecular formula is C48H56N6O6S. The van der Waals surface area contributed by atoms with Crippen molar-refractivity contribution >= 4 is 57.3 Å². The molecule has 1 aliphatic heterocycles. The smallest absolute Gasteiger partial charge is 0.252 e. The number of unbranched alkanes of at least 4 members (excludes halogenated alkanes) is 1. The van der Waals surface area contributed by atoms with Crippen LogP contribution in [0.5, 0.6) is 0 Å². The lowest BCUT2D eigenvalue weighted by atomic mass is 9.85. The number of aromatic nitrogens is 1. The molecule has 1 aromatic heterocycles. The maximum absolute atomic E-state index is 14.0. The van der Waals surface area contributed by atoms with Gasteiger partial charge in [0.25, 0.3) is 5.91 Å². The zero-order valence-electron chi connectivity index (χ0n) is 35.7. The van der Waals surface area contributed by atoms with Crippen LogP contribution in [-0.2, 0) is 25.7 Å². The van der Waals surface area contributed by atoms with Crippen molar-refractivity contribution in [1.29, 1.82) is 0 Å². The molecule has 1 fully saturated rings. The Morgan fingerprint density at radius 3 is 2.30 bits per heavy atom. The van der Waals surface area contributed by atoms with Crippen LogP contribution in [0.1, 0.15) is 98.6 Å². The van der Waals surface area contributed by atoms with E-state index in [2.05, 4.69) is 26.3 Å². The number of anilines is 1. The molecule has 5 N–H and O–H groups in total. The summed E-state index contributed by atoms with van der Waals surface area (Å²) in [5, 5.41) is 24.5. The highest BCUT2D eigenvalue weighted by Crippen LogP contribution is 2.29. The first-order valence-electron chi connectivity index (χ1n) is 20.8. The largest absolute Gasteiger partial charge is 0.391 e. The Morgan fingerprint density at radius 2 is 1.59 bits per heavy atom. The summed E-state index contributed by atoms with van der Waals surface area (Å²) < 4.78 is 0. The van der Waals surface area contributed by atoms with Gasteiger partial charge in [0.15, 0.2) is 0 Å². The average molecular weight is 845 g/mol. The van der Waals surface area contributed by atoms with Gasteiger partial charge < -0.3 is 31.3 Å². The molecule has 0 radical (unpaired) electrons. The van der Waals surface area contributed by atoms with E-state index in [-0.39, 0.29) is 62.0 Å². The molecule has 0 saturated carbocycles.